The summed E-state index contributed by atoms with van der Waals surface area (Å²) in [5.41, 5.74) is 1.20. The van der Waals surface area contributed by atoms with Crippen LogP contribution >= 0.6 is 0 Å². The minimum atomic E-state index is -0.798. The quantitative estimate of drug-likeness (QED) is 0.418. The smallest absolute Gasteiger partial charge is 0.337 e. The zero-order valence-electron chi connectivity index (χ0n) is 16.0. The van der Waals surface area contributed by atoms with Crippen molar-refractivity contribution >= 4 is 5.97 Å². The Labute approximate surface area is 155 Å². The van der Waals surface area contributed by atoms with Gasteiger partial charge in [0.15, 0.2) is 6.10 Å². The highest BCUT2D eigenvalue weighted by Gasteiger charge is 2.40. The summed E-state index contributed by atoms with van der Waals surface area (Å²) in [5.74, 6) is -0.234. The van der Waals surface area contributed by atoms with E-state index >= 15 is 0 Å². The maximum atomic E-state index is 11.7. The highest BCUT2D eigenvalue weighted by Crippen LogP contribution is 2.26. The molecule has 1 saturated heterocycles. The van der Waals surface area contributed by atoms with E-state index in [1.54, 1.807) is 13.8 Å². The van der Waals surface area contributed by atoms with E-state index in [1.165, 1.54) is 5.56 Å². The molecule has 6 heteroatoms. The molecular formula is C20H30O6. The van der Waals surface area contributed by atoms with Crippen molar-refractivity contribution in [1.82, 2.24) is 0 Å². The highest BCUT2D eigenvalue weighted by molar-refractivity contribution is 5.76. The second-order valence-electron chi connectivity index (χ2n) is 6.62. The number of aryl methyl sites for hydroxylation is 1. The van der Waals surface area contributed by atoms with Crippen molar-refractivity contribution in [2.24, 2.45) is 0 Å². The van der Waals surface area contributed by atoms with Gasteiger partial charge < -0.3 is 23.7 Å². The summed E-state index contributed by atoms with van der Waals surface area (Å²) in [6.45, 7) is 8.45. The molecule has 1 aliphatic rings. The fourth-order valence-corrected chi connectivity index (χ4v) is 2.73. The second kappa shape index (κ2) is 10.5. The fourth-order valence-electron chi connectivity index (χ4n) is 2.73. The predicted octanol–water partition coefficient (Wildman–Crippen LogP) is 3.12. The zero-order valence-corrected chi connectivity index (χ0v) is 16.0. The molecule has 1 aromatic rings. The molecule has 1 heterocycles. The molecule has 0 amide bonds. The Morgan fingerprint density at radius 2 is 1.73 bits per heavy atom. The lowest BCUT2D eigenvalue weighted by Gasteiger charge is -2.15. The van der Waals surface area contributed by atoms with Gasteiger partial charge in [-0.3, -0.25) is 0 Å². The molecule has 0 bridgehead atoms. The first-order valence-corrected chi connectivity index (χ1v) is 9.28. The van der Waals surface area contributed by atoms with E-state index in [1.807, 2.05) is 31.2 Å². The van der Waals surface area contributed by atoms with Crippen molar-refractivity contribution in [2.45, 2.75) is 51.9 Å². The van der Waals surface area contributed by atoms with Crippen molar-refractivity contribution < 1.29 is 28.5 Å². The maximum absolute atomic E-state index is 11.7. The van der Waals surface area contributed by atoms with Crippen LogP contribution in [0.2, 0.25) is 0 Å². The van der Waals surface area contributed by atoms with Crippen LogP contribution in [0.4, 0.5) is 0 Å². The Morgan fingerprint density at radius 3 is 2.38 bits per heavy atom. The van der Waals surface area contributed by atoms with Gasteiger partial charge >= 0.3 is 5.97 Å². The van der Waals surface area contributed by atoms with Gasteiger partial charge in [0, 0.05) is 20.5 Å². The van der Waals surface area contributed by atoms with E-state index in [4.69, 9.17) is 23.7 Å². The van der Waals surface area contributed by atoms with E-state index in [-0.39, 0.29) is 5.97 Å². The minimum Gasteiger partial charge on any atom is -0.491 e. The van der Waals surface area contributed by atoms with Crippen LogP contribution in [0.1, 0.15) is 39.2 Å². The fraction of sp³-hybridized carbons (Fsp3) is 0.650. The Morgan fingerprint density at radius 1 is 1.04 bits per heavy atom. The summed E-state index contributed by atoms with van der Waals surface area (Å²) in [6, 6.07) is 8.00. The van der Waals surface area contributed by atoms with Crippen LogP contribution in [0.5, 0.6) is 5.75 Å². The molecule has 0 aromatic heterocycles. The van der Waals surface area contributed by atoms with Crippen molar-refractivity contribution in [3.8, 4) is 5.75 Å². The Bertz CT molecular complexity index is 540. The van der Waals surface area contributed by atoms with Gasteiger partial charge in [-0.25, -0.2) is 4.79 Å². The van der Waals surface area contributed by atoms with Gasteiger partial charge in [-0.15, -0.1) is 0 Å². The van der Waals surface area contributed by atoms with Crippen LogP contribution in [-0.4, -0.2) is 50.9 Å². The average Bonchev–Trinajstić information content (AvgIpc) is 2.87. The van der Waals surface area contributed by atoms with Crippen molar-refractivity contribution in [3.05, 3.63) is 29.8 Å². The standard InChI is InChI=1S/C20H30O6/c1-4-22-12-13-23-14-15-24-17-10-8-16(9-11-17)6-5-7-18-19(21)26-20(2,3)25-18/h8-11,18H,4-7,12-15H2,1-3H3. The number of benzene rings is 1. The molecule has 6 nitrogen and oxygen atoms in total. The lowest BCUT2D eigenvalue weighted by atomic mass is 10.1. The molecule has 0 radical (unpaired) electrons. The van der Waals surface area contributed by atoms with Gasteiger partial charge in [-0.2, -0.15) is 0 Å². The molecule has 1 fully saturated rings. The zero-order chi connectivity index (χ0) is 18.8. The van der Waals surface area contributed by atoms with Gasteiger partial charge in [0.1, 0.15) is 12.4 Å². The lowest BCUT2D eigenvalue weighted by Crippen LogP contribution is -2.21. The van der Waals surface area contributed by atoms with Crippen molar-refractivity contribution in [3.63, 3.8) is 0 Å². The molecule has 0 saturated carbocycles. The molecule has 26 heavy (non-hydrogen) atoms. The topological polar surface area (TPSA) is 63.2 Å². The number of rotatable bonds is 12. The molecule has 0 aliphatic carbocycles. The van der Waals surface area contributed by atoms with Crippen LogP contribution in [0, 0.1) is 0 Å². The summed E-state index contributed by atoms with van der Waals surface area (Å²) in [6.07, 6.45) is 1.97. The number of hydrogen-bond acceptors (Lipinski definition) is 6. The second-order valence-corrected chi connectivity index (χ2v) is 6.62. The van der Waals surface area contributed by atoms with E-state index < -0.39 is 11.9 Å². The molecule has 0 N–H and O–H groups in total. The largest absolute Gasteiger partial charge is 0.491 e. The molecular weight excluding hydrogens is 336 g/mol. The van der Waals surface area contributed by atoms with Gasteiger partial charge in [0.25, 0.3) is 0 Å². The third-order valence-electron chi connectivity index (χ3n) is 3.96. The Kier molecular flexibility index (Phi) is 8.35. The summed E-state index contributed by atoms with van der Waals surface area (Å²) in [5, 5.41) is 0. The van der Waals surface area contributed by atoms with E-state index in [9.17, 15) is 4.79 Å². The summed E-state index contributed by atoms with van der Waals surface area (Å²) in [4.78, 5) is 11.7. The SMILES string of the molecule is CCOCCOCCOc1ccc(CCCC2OC(C)(C)OC2=O)cc1. The first-order valence-electron chi connectivity index (χ1n) is 9.28. The maximum Gasteiger partial charge on any atom is 0.337 e. The van der Waals surface area contributed by atoms with Crippen LogP contribution in [0.25, 0.3) is 0 Å². The third-order valence-corrected chi connectivity index (χ3v) is 3.96. The minimum absolute atomic E-state index is 0.262. The van der Waals surface area contributed by atoms with Crippen molar-refractivity contribution in [2.75, 3.05) is 33.0 Å². The molecule has 146 valence electrons. The summed E-state index contributed by atoms with van der Waals surface area (Å²) < 4.78 is 27.0. The van der Waals surface area contributed by atoms with E-state index in [0.29, 0.717) is 39.5 Å². The molecule has 2 rings (SSSR count). The third kappa shape index (κ3) is 7.32. The first-order chi connectivity index (χ1) is 12.5. The Hall–Kier alpha value is -1.63. The van der Waals surface area contributed by atoms with E-state index in [0.717, 1.165) is 18.6 Å². The average molecular weight is 366 g/mol. The molecule has 0 spiro atoms. The molecule has 1 aliphatic heterocycles. The number of carbonyl (C=O) groups excluding carboxylic acids is 1. The highest BCUT2D eigenvalue weighted by atomic mass is 16.8. The van der Waals surface area contributed by atoms with Crippen LogP contribution in [0.15, 0.2) is 24.3 Å². The number of esters is 1. The van der Waals surface area contributed by atoms with Gasteiger partial charge in [0.2, 0.25) is 5.79 Å². The van der Waals surface area contributed by atoms with Gasteiger partial charge in [0.05, 0.1) is 19.8 Å². The normalized spacial score (nSPS) is 18.7. The number of ether oxygens (including phenoxy) is 5. The van der Waals surface area contributed by atoms with Crippen LogP contribution < -0.4 is 4.74 Å². The number of carbonyl (C=O) groups is 1. The Balaban J connectivity index is 1.59. The van der Waals surface area contributed by atoms with Gasteiger partial charge in [-0.1, -0.05) is 12.1 Å². The van der Waals surface area contributed by atoms with Crippen molar-refractivity contribution in [1.29, 1.82) is 0 Å². The number of hydrogen-bond donors (Lipinski definition) is 0. The molecule has 1 atom stereocenters. The molecule has 1 unspecified atom stereocenters. The predicted molar refractivity (Wildman–Crippen MR) is 97.2 cm³/mol. The van der Waals surface area contributed by atoms with Crippen LogP contribution in [0.3, 0.4) is 0 Å². The first kappa shape index (κ1) is 20.7. The van der Waals surface area contributed by atoms with Crippen LogP contribution in [-0.2, 0) is 30.2 Å². The van der Waals surface area contributed by atoms with E-state index in [2.05, 4.69) is 0 Å². The summed E-state index contributed by atoms with van der Waals surface area (Å²) in [7, 11) is 0. The monoisotopic (exact) mass is 366 g/mol. The van der Waals surface area contributed by atoms with Gasteiger partial charge in [-0.05, 0) is 43.9 Å². The lowest BCUT2D eigenvalue weighted by molar-refractivity contribution is -0.160. The number of cyclic esters (lactones) is 1. The molecule has 1 aromatic carbocycles. The summed E-state index contributed by atoms with van der Waals surface area (Å²) >= 11 is 0.